The monoisotopic (exact) mass is 238 g/mol. The molecule has 3 unspecified atom stereocenters. The summed E-state index contributed by atoms with van der Waals surface area (Å²) < 4.78 is 0. The Morgan fingerprint density at radius 1 is 1.12 bits per heavy atom. The normalized spacial score (nSPS) is 32.1. The highest BCUT2D eigenvalue weighted by atomic mass is 15.1. The van der Waals surface area contributed by atoms with Gasteiger partial charge in [-0.05, 0) is 50.6 Å². The molecule has 1 aliphatic heterocycles. The lowest BCUT2D eigenvalue weighted by Crippen LogP contribution is -2.43. The average molecular weight is 238 g/mol. The number of rotatable bonds is 5. The van der Waals surface area contributed by atoms with Crippen LogP contribution in [0.25, 0.3) is 0 Å². The van der Waals surface area contributed by atoms with Gasteiger partial charge in [0.1, 0.15) is 0 Å². The first kappa shape index (κ1) is 13.4. The van der Waals surface area contributed by atoms with Crippen LogP contribution in [0.15, 0.2) is 0 Å². The Balaban J connectivity index is 1.68. The summed E-state index contributed by atoms with van der Waals surface area (Å²) in [6.07, 6.45) is 11.0. The van der Waals surface area contributed by atoms with Crippen LogP contribution in [0.3, 0.4) is 0 Å². The van der Waals surface area contributed by atoms with E-state index in [0.717, 1.165) is 11.8 Å². The predicted molar refractivity (Wildman–Crippen MR) is 74.0 cm³/mol. The lowest BCUT2D eigenvalue weighted by Gasteiger charge is -2.41. The van der Waals surface area contributed by atoms with Crippen LogP contribution in [-0.2, 0) is 0 Å². The lowest BCUT2D eigenvalue weighted by molar-refractivity contribution is 0.0846. The second-order valence-electron chi connectivity index (χ2n) is 6.23. The van der Waals surface area contributed by atoms with Crippen LogP contribution in [0, 0.1) is 11.8 Å². The summed E-state index contributed by atoms with van der Waals surface area (Å²) in [7, 11) is 0. The molecule has 2 fully saturated rings. The molecule has 0 bridgehead atoms. The van der Waals surface area contributed by atoms with E-state index in [-0.39, 0.29) is 0 Å². The van der Waals surface area contributed by atoms with E-state index in [9.17, 15) is 0 Å². The summed E-state index contributed by atoms with van der Waals surface area (Å²) in [5, 5.41) is 0. The van der Waals surface area contributed by atoms with Crippen LogP contribution >= 0.6 is 0 Å². The SMILES string of the molecule is CCCC(N)CCN1CCC2CCCCC2C1. The van der Waals surface area contributed by atoms with E-state index in [0.29, 0.717) is 6.04 Å². The smallest absolute Gasteiger partial charge is 0.00509 e. The molecule has 2 rings (SSSR count). The van der Waals surface area contributed by atoms with Gasteiger partial charge in [0, 0.05) is 12.6 Å². The molecule has 0 aromatic rings. The Labute approximate surface area is 107 Å². The molecule has 0 aromatic heterocycles. The third kappa shape index (κ3) is 3.96. The maximum Gasteiger partial charge on any atom is 0.00509 e. The Bertz CT molecular complexity index is 217. The van der Waals surface area contributed by atoms with E-state index >= 15 is 0 Å². The van der Waals surface area contributed by atoms with Crippen LogP contribution in [0.5, 0.6) is 0 Å². The van der Waals surface area contributed by atoms with Crippen molar-refractivity contribution >= 4 is 0 Å². The van der Waals surface area contributed by atoms with Crippen LogP contribution < -0.4 is 5.73 Å². The van der Waals surface area contributed by atoms with E-state index in [2.05, 4.69) is 11.8 Å². The third-order valence-corrected chi connectivity index (χ3v) is 4.85. The standard InChI is InChI=1S/C15H30N2/c1-2-5-15(16)9-11-17-10-8-13-6-3-4-7-14(13)12-17/h13-15H,2-12,16H2,1H3. The maximum atomic E-state index is 6.11. The molecule has 1 heterocycles. The zero-order chi connectivity index (χ0) is 12.1. The van der Waals surface area contributed by atoms with Crippen molar-refractivity contribution in [2.45, 2.75) is 64.3 Å². The second kappa shape index (κ2) is 6.75. The molecular weight excluding hydrogens is 208 g/mol. The maximum absolute atomic E-state index is 6.11. The Kier molecular flexibility index (Phi) is 5.30. The second-order valence-corrected chi connectivity index (χ2v) is 6.23. The molecule has 100 valence electrons. The number of nitrogens with two attached hydrogens (primary N) is 1. The van der Waals surface area contributed by atoms with Crippen LogP contribution in [-0.4, -0.2) is 30.6 Å². The molecular formula is C15H30N2. The van der Waals surface area contributed by atoms with E-state index in [1.165, 1.54) is 71.0 Å². The van der Waals surface area contributed by atoms with Gasteiger partial charge in [0.15, 0.2) is 0 Å². The highest BCUT2D eigenvalue weighted by Crippen LogP contribution is 2.35. The number of hydrogen-bond acceptors (Lipinski definition) is 2. The first-order valence-corrected chi connectivity index (χ1v) is 7.77. The molecule has 1 saturated heterocycles. The van der Waals surface area contributed by atoms with E-state index < -0.39 is 0 Å². The molecule has 2 aliphatic rings. The third-order valence-electron chi connectivity index (χ3n) is 4.85. The number of likely N-dealkylation sites (tertiary alicyclic amines) is 1. The Morgan fingerprint density at radius 3 is 2.65 bits per heavy atom. The summed E-state index contributed by atoms with van der Waals surface area (Å²) in [5.74, 6) is 2.07. The van der Waals surface area contributed by atoms with Gasteiger partial charge in [0.2, 0.25) is 0 Å². The van der Waals surface area contributed by atoms with Crippen molar-refractivity contribution in [1.29, 1.82) is 0 Å². The molecule has 0 radical (unpaired) electrons. The fourth-order valence-electron chi connectivity index (χ4n) is 3.74. The molecule has 1 aliphatic carbocycles. The topological polar surface area (TPSA) is 29.3 Å². The van der Waals surface area contributed by atoms with Gasteiger partial charge >= 0.3 is 0 Å². The minimum Gasteiger partial charge on any atom is -0.328 e. The minimum atomic E-state index is 0.434. The summed E-state index contributed by atoms with van der Waals surface area (Å²) in [6, 6.07) is 0.434. The fourth-order valence-corrected chi connectivity index (χ4v) is 3.74. The summed E-state index contributed by atoms with van der Waals surface area (Å²) in [4.78, 5) is 2.68. The first-order valence-electron chi connectivity index (χ1n) is 7.77. The van der Waals surface area contributed by atoms with Gasteiger partial charge in [-0.25, -0.2) is 0 Å². The van der Waals surface area contributed by atoms with Gasteiger partial charge in [0.25, 0.3) is 0 Å². The first-order chi connectivity index (χ1) is 8.29. The Morgan fingerprint density at radius 2 is 1.88 bits per heavy atom. The Hall–Kier alpha value is -0.0800. The van der Waals surface area contributed by atoms with Gasteiger partial charge in [-0.15, -0.1) is 0 Å². The molecule has 2 N–H and O–H groups in total. The molecule has 0 amide bonds. The van der Waals surface area contributed by atoms with E-state index in [1.807, 2.05) is 0 Å². The molecule has 3 atom stereocenters. The van der Waals surface area contributed by atoms with Crippen molar-refractivity contribution in [2.24, 2.45) is 17.6 Å². The van der Waals surface area contributed by atoms with E-state index in [4.69, 9.17) is 5.73 Å². The van der Waals surface area contributed by atoms with Gasteiger partial charge in [-0.2, -0.15) is 0 Å². The largest absolute Gasteiger partial charge is 0.328 e. The number of piperidine rings is 1. The lowest BCUT2D eigenvalue weighted by atomic mass is 9.75. The molecule has 0 spiro atoms. The average Bonchev–Trinajstić information content (AvgIpc) is 2.36. The quantitative estimate of drug-likeness (QED) is 0.798. The molecule has 2 heteroatoms. The van der Waals surface area contributed by atoms with Crippen molar-refractivity contribution < 1.29 is 0 Å². The van der Waals surface area contributed by atoms with Crippen molar-refractivity contribution in [3.05, 3.63) is 0 Å². The van der Waals surface area contributed by atoms with Gasteiger partial charge in [0.05, 0.1) is 0 Å². The van der Waals surface area contributed by atoms with Crippen LogP contribution in [0.1, 0.15) is 58.3 Å². The summed E-state index contributed by atoms with van der Waals surface area (Å²) >= 11 is 0. The number of fused-ring (bicyclic) bond motifs is 1. The fraction of sp³-hybridized carbons (Fsp3) is 1.00. The number of nitrogens with zero attached hydrogens (tertiary/aromatic N) is 1. The van der Waals surface area contributed by atoms with Gasteiger partial charge < -0.3 is 10.6 Å². The zero-order valence-corrected chi connectivity index (χ0v) is 11.5. The molecule has 17 heavy (non-hydrogen) atoms. The van der Waals surface area contributed by atoms with E-state index in [1.54, 1.807) is 0 Å². The highest BCUT2D eigenvalue weighted by molar-refractivity contribution is 4.83. The predicted octanol–water partition coefficient (Wildman–Crippen LogP) is 3.02. The van der Waals surface area contributed by atoms with Crippen molar-refractivity contribution in [3.63, 3.8) is 0 Å². The summed E-state index contributed by atoms with van der Waals surface area (Å²) in [6.45, 7) is 6.17. The summed E-state index contributed by atoms with van der Waals surface area (Å²) in [5.41, 5.74) is 6.11. The van der Waals surface area contributed by atoms with Crippen molar-refractivity contribution in [1.82, 2.24) is 4.90 Å². The van der Waals surface area contributed by atoms with Crippen LogP contribution in [0.2, 0.25) is 0 Å². The highest BCUT2D eigenvalue weighted by Gasteiger charge is 2.30. The van der Waals surface area contributed by atoms with Gasteiger partial charge in [-0.3, -0.25) is 0 Å². The number of hydrogen-bond donors (Lipinski definition) is 1. The molecule has 0 aromatic carbocycles. The van der Waals surface area contributed by atoms with Crippen molar-refractivity contribution in [3.8, 4) is 0 Å². The van der Waals surface area contributed by atoms with Crippen molar-refractivity contribution in [2.75, 3.05) is 19.6 Å². The molecule has 1 saturated carbocycles. The van der Waals surface area contributed by atoms with Crippen LogP contribution in [0.4, 0.5) is 0 Å². The molecule has 2 nitrogen and oxygen atoms in total. The van der Waals surface area contributed by atoms with Gasteiger partial charge in [-0.1, -0.05) is 32.6 Å². The minimum absolute atomic E-state index is 0.434. The zero-order valence-electron chi connectivity index (χ0n) is 11.5.